The molecule has 0 atom stereocenters. The van der Waals surface area contributed by atoms with Gasteiger partial charge in [-0.3, -0.25) is 0 Å². The highest BCUT2D eigenvalue weighted by Crippen LogP contribution is 2.31. The predicted octanol–water partition coefficient (Wildman–Crippen LogP) is 3.36. The molecular weight excluding hydrogens is 272 g/mol. The summed E-state index contributed by atoms with van der Waals surface area (Å²) >= 11 is 1.74. The van der Waals surface area contributed by atoms with E-state index in [0.29, 0.717) is 18.1 Å². The second-order valence-electron chi connectivity index (χ2n) is 4.12. The van der Waals surface area contributed by atoms with Crippen LogP contribution in [0.3, 0.4) is 0 Å². The molecule has 0 fully saturated rings. The molecule has 0 spiro atoms. The Labute approximate surface area is 123 Å². The minimum absolute atomic E-state index is 0.0572. The zero-order valence-electron chi connectivity index (χ0n) is 11.4. The lowest BCUT2D eigenvalue weighted by molar-refractivity contribution is 0.261. The quantitative estimate of drug-likeness (QED) is 0.627. The topological polar surface area (TPSA) is 38.7 Å². The van der Waals surface area contributed by atoms with Crippen LogP contribution in [0.1, 0.15) is 5.56 Å². The monoisotopic (exact) mass is 290 g/mol. The van der Waals surface area contributed by atoms with Gasteiger partial charge < -0.3 is 14.6 Å². The largest absolute Gasteiger partial charge is 0.493 e. The highest BCUT2D eigenvalue weighted by atomic mass is 32.2. The van der Waals surface area contributed by atoms with Crippen LogP contribution in [0.15, 0.2) is 53.4 Å². The number of benzene rings is 2. The van der Waals surface area contributed by atoms with E-state index in [1.54, 1.807) is 18.9 Å². The SMILES string of the molecule is COc1cccc(CO)c1OCCSc1ccccc1. The van der Waals surface area contributed by atoms with Gasteiger partial charge in [-0.05, 0) is 18.2 Å². The van der Waals surface area contributed by atoms with Crippen LogP contribution in [-0.2, 0) is 6.61 Å². The van der Waals surface area contributed by atoms with Crippen LogP contribution < -0.4 is 9.47 Å². The molecule has 2 aromatic carbocycles. The summed E-state index contributed by atoms with van der Waals surface area (Å²) in [5.74, 6) is 2.12. The van der Waals surface area contributed by atoms with Crippen molar-refractivity contribution >= 4 is 11.8 Å². The van der Waals surface area contributed by atoms with Gasteiger partial charge in [-0.2, -0.15) is 0 Å². The number of aliphatic hydroxyl groups is 1. The van der Waals surface area contributed by atoms with Crippen LogP contribution >= 0.6 is 11.8 Å². The van der Waals surface area contributed by atoms with Gasteiger partial charge in [0.1, 0.15) is 0 Å². The molecule has 0 aliphatic rings. The molecular formula is C16H18O3S. The number of thioether (sulfide) groups is 1. The molecule has 2 aromatic rings. The Morgan fingerprint density at radius 2 is 1.85 bits per heavy atom. The number of hydrogen-bond donors (Lipinski definition) is 1. The van der Waals surface area contributed by atoms with Gasteiger partial charge in [0.15, 0.2) is 11.5 Å². The van der Waals surface area contributed by atoms with Gasteiger partial charge in [-0.25, -0.2) is 0 Å². The van der Waals surface area contributed by atoms with Crippen molar-refractivity contribution in [2.45, 2.75) is 11.5 Å². The van der Waals surface area contributed by atoms with E-state index in [-0.39, 0.29) is 6.61 Å². The second kappa shape index (κ2) is 7.82. The number of rotatable bonds is 7. The first kappa shape index (κ1) is 14.8. The summed E-state index contributed by atoms with van der Waals surface area (Å²) in [4.78, 5) is 1.22. The standard InChI is InChI=1S/C16H18O3S/c1-18-15-9-5-6-13(12-17)16(15)19-10-11-20-14-7-3-2-4-8-14/h2-9,17H,10-12H2,1H3. The number of para-hydroxylation sites is 1. The van der Waals surface area contributed by atoms with Gasteiger partial charge >= 0.3 is 0 Å². The predicted molar refractivity (Wildman–Crippen MR) is 81.6 cm³/mol. The minimum atomic E-state index is -0.0572. The van der Waals surface area contributed by atoms with E-state index in [1.165, 1.54) is 4.90 Å². The van der Waals surface area contributed by atoms with Crippen molar-refractivity contribution in [3.8, 4) is 11.5 Å². The number of aliphatic hydroxyl groups excluding tert-OH is 1. The van der Waals surface area contributed by atoms with Crippen molar-refractivity contribution in [1.82, 2.24) is 0 Å². The fourth-order valence-electron chi connectivity index (χ4n) is 1.83. The van der Waals surface area contributed by atoms with Crippen molar-refractivity contribution in [1.29, 1.82) is 0 Å². The number of hydrogen-bond acceptors (Lipinski definition) is 4. The van der Waals surface area contributed by atoms with Crippen molar-refractivity contribution in [3.63, 3.8) is 0 Å². The molecule has 2 rings (SSSR count). The Morgan fingerprint density at radius 3 is 2.55 bits per heavy atom. The third kappa shape index (κ3) is 3.92. The van der Waals surface area contributed by atoms with Crippen molar-refractivity contribution < 1.29 is 14.6 Å². The zero-order valence-corrected chi connectivity index (χ0v) is 12.2. The van der Waals surface area contributed by atoms with E-state index in [0.717, 1.165) is 11.3 Å². The maximum Gasteiger partial charge on any atom is 0.166 e. The second-order valence-corrected chi connectivity index (χ2v) is 5.28. The van der Waals surface area contributed by atoms with Gasteiger partial charge in [0.25, 0.3) is 0 Å². The molecule has 0 amide bonds. The van der Waals surface area contributed by atoms with Crippen LogP contribution in [0.25, 0.3) is 0 Å². The van der Waals surface area contributed by atoms with Crippen LogP contribution in [0.5, 0.6) is 11.5 Å². The third-order valence-corrected chi connectivity index (χ3v) is 3.77. The van der Waals surface area contributed by atoms with Crippen molar-refractivity contribution in [2.24, 2.45) is 0 Å². The Hall–Kier alpha value is -1.65. The molecule has 3 nitrogen and oxygen atoms in total. The van der Waals surface area contributed by atoms with E-state index in [4.69, 9.17) is 9.47 Å². The van der Waals surface area contributed by atoms with Crippen LogP contribution in [-0.4, -0.2) is 24.6 Å². The lowest BCUT2D eigenvalue weighted by Gasteiger charge is -2.13. The molecule has 0 saturated heterocycles. The lowest BCUT2D eigenvalue weighted by atomic mass is 10.2. The van der Waals surface area contributed by atoms with Crippen LogP contribution in [0.2, 0.25) is 0 Å². The van der Waals surface area contributed by atoms with Gasteiger partial charge in [0.2, 0.25) is 0 Å². The van der Waals surface area contributed by atoms with Crippen LogP contribution in [0.4, 0.5) is 0 Å². The molecule has 106 valence electrons. The smallest absolute Gasteiger partial charge is 0.166 e. The van der Waals surface area contributed by atoms with Crippen molar-refractivity contribution in [2.75, 3.05) is 19.5 Å². The van der Waals surface area contributed by atoms with Gasteiger partial charge in [0.05, 0.1) is 20.3 Å². The Bertz CT molecular complexity index is 506. The molecule has 20 heavy (non-hydrogen) atoms. The zero-order chi connectivity index (χ0) is 14.2. The van der Waals surface area contributed by atoms with E-state index in [9.17, 15) is 5.11 Å². The Morgan fingerprint density at radius 1 is 1.05 bits per heavy atom. The molecule has 0 aliphatic carbocycles. The van der Waals surface area contributed by atoms with Crippen molar-refractivity contribution in [3.05, 3.63) is 54.1 Å². The highest BCUT2D eigenvalue weighted by Gasteiger charge is 2.09. The molecule has 0 unspecified atom stereocenters. The molecule has 0 aliphatic heterocycles. The maximum atomic E-state index is 9.33. The summed E-state index contributed by atoms with van der Waals surface area (Å²) in [7, 11) is 1.60. The molecule has 4 heteroatoms. The molecule has 0 bridgehead atoms. The first-order valence-electron chi connectivity index (χ1n) is 6.42. The summed E-state index contributed by atoms with van der Waals surface area (Å²) in [5, 5.41) is 9.33. The van der Waals surface area contributed by atoms with Gasteiger partial charge in [-0.15, -0.1) is 11.8 Å². The number of ether oxygens (including phenoxy) is 2. The average Bonchev–Trinajstić information content (AvgIpc) is 2.52. The number of methoxy groups -OCH3 is 1. The Kier molecular flexibility index (Phi) is 5.77. The summed E-state index contributed by atoms with van der Waals surface area (Å²) < 4.78 is 11.0. The summed E-state index contributed by atoms with van der Waals surface area (Å²) in [6.07, 6.45) is 0. The van der Waals surface area contributed by atoms with Gasteiger partial charge in [-0.1, -0.05) is 30.3 Å². The molecule has 1 N–H and O–H groups in total. The molecule has 0 heterocycles. The lowest BCUT2D eigenvalue weighted by Crippen LogP contribution is -2.04. The van der Waals surface area contributed by atoms with E-state index < -0.39 is 0 Å². The fraction of sp³-hybridized carbons (Fsp3) is 0.250. The van der Waals surface area contributed by atoms with E-state index in [1.807, 2.05) is 36.4 Å². The molecule has 0 radical (unpaired) electrons. The van der Waals surface area contributed by atoms with E-state index in [2.05, 4.69) is 12.1 Å². The first-order valence-corrected chi connectivity index (χ1v) is 7.41. The normalized spacial score (nSPS) is 10.3. The Balaban J connectivity index is 1.90. The maximum absolute atomic E-state index is 9.33. The summed E-state index contributed by atoms with van der Waals surface area (Å²) in [6.45, 7) is 0.505. The van der Waals surface area contributed by atoms with Crippen LogP contribution in [0, 0.1) is 0 Å². The van der Waals surface area contributed by atoms with Gasteiger partial charge in [0, 0.05) is 16.2 Å². The first-order chi connectivity index (χ1) is 9.85. The van der Waals surface area contributed by atoms with E-state index >= 15 is 0 Å². The molecule has 0 saturated carbocycles. The molecule has 0 aromatic heterocycles. The highest BCUT2D eigenvalue weighted by molar-refractivity contribution is 7.99. The fourth-order valence-corrected chi connectivity index (χ4v) is 2.58. The minimum Gasteiger partial charge on any atom is -0.493 e. The summed E-state index contributed by atoms with van der Waals surface area (Å²) in [6, 6.07) is 15.7. The average molecular weight is 290 g/mol. The summed E-state index contributed by atoms with van der Waals surface area (Å²) in [5.41, 5.74) is 0.745. The third-order valence-electron chi connectivity index (χ3n) is 2.79.